The molecule has 0 saturated heterocycles. The summed E-state index contributed by atoms with van der Waals surface area (Å²) in [6.07, 6.45) is 0. The third kappa shape index (κ3) is 2.14. The van der Waals surface area contributed by atoms with Crippen molar-refractivity contribution in [2.75, 3.05) is 0 Å². The molecule has 0 spiro atoms. The topological polar surface area (TPSA) is 0 Å². The second kappa shape index (κ2) is 5.56. The summed E-state index contributed by atoms with van der Waals surface area (Å²) in [5.41, 5.74) is 0. The predicted molar refractivity (Wildman–Crippen MR) is 129 cm³/mol. The molecule has 1 aromatic heterocycles. The molecule has 0 bridgehead atoms. The molecule has 0 aliphatic rings. The Kier molecular flexibility index (Phi) is 2.97. The molecule has 0 unspecified atom stereocenters. The molecule has 0 nitrogen and oxygen atoms in total. The molecule has 0 saturated carbocycles. The van der Waals surface area contributed by atoms with Crippen LogP contribution in [0.4, 0.5) is 0 Å². The van der Waals surface area contributed by atoms with Gasteiger partial charge in [0.05, 0.1) is 0 Å². The van der Waals surface area contributed by atoms with Gasteiger partial charge in [-0.1, -0.05) is 60.7 Å². The molecule has 0 N–H and O–H groups in total. The SMILES string of the molecule is c1ccc2cc3c(ccc4cc5ccc6sc7ccccc7c6c5cc43)cc2c1. The highest BCUT2D eigenvalue weighted by atomic mass is 32.1. The minimum Gasteiger partial charge on any atom is -0.135 e. The van der Waals surface area contributed by atoms with Gasteiger partial charge < -0.3 is 0 Å². The highest BCUT2D eigenvalue weighted by Crippen LogP contribution is 2.40. The highest BCUT2D eigenvalue weighted by Gasteiger charge is 2.11. The van der Waals surface area contributed by atoms with Crippen molar-refractivity contribution in [1.29, 1.82) is 0 Å². The van der Waals surface area contributed by atoms with Gasteiger partial charge in [-0.2, -0.15) is 0 Å². The number of thiophene rings is 1. The van der Waals surface area contributed by atoms with Gasteiger partial charge in [0.15, 0.2) is 0 Å². The molecule has 1 heterocycles. The van der Waals surface area contributed by atoms with Crippen molar-refractivity contribution in [3.8, 4) is 0 Å². The summed E-state index contributed by atoms with van der Waals surface area (Å²) in [5, 5.41) is 13.3. The Hall–Kier alpha value is -3.42. The zero-order chi connectivity index (χ0) is 18.9. The molecule has 0 aliphatic heterocycles. The van der Waals surface area contributed by atoms with Crippen molar-refractivity contribution >= 4 is 74.6 Å². The molecule has 1 heteroatoms. The third-order valence-corrected chi connectivity index (χ3v) is 7.31. The Morgan fingerprint density at radius 1 is 0.379 bits per heavy atom. The first-order valence-corrected chi connectivity index (χ1v) is 10.8. The number of rotatable bonds is 0. The average Bonchev–Trinajstić information content (AvgIpc) is 3.15. The molecular weight excluding hydrogens is 368 g/mol. The Labute approximate surface area is 171 Å². The largest absolute Gasteiger partial charge is 0.135 e. The van der Waals surface area contributed by atoms with Crippen molar-refractivity contribution in [2.45, 2.75) is 0 Å². The van der Waals surface area contributed by atoms with Crippen LogP contribution in [0.3, 0.4) is 0 Å². The van der Waals surface area contributed by atoms with Crippen LogP contribution in [0.15, 0.2) is 97.1 Å². The molecule has 0 amide bonds. The maximum absolute atomic E-state index is 2.42. The minimum atomic E-state index is 1.30. The molecular formula is C28H16S. The molecule has 29 heavy (non-hydrogen) atoms. The van der Waals surface area contributed by atoms with Crippen LogP contribution in [0.2, 0.25) is 0 Å². The van der Waals surface area contributed by atoms with Crippen molar-refractivity contribution in [2.24, 2.45) is 0 Å². The summed E-state index contributed by atoms with van der Waals surface area (Å²) >= 11 is 1.89. The van der Waals surface area contributed by atoms with E-state index in [-0.39, 0.29) is 0 Å². The van der Waals surface area contributed by atoms with E-state index >= 15 is 0 Å². The van der Waals surface area contributed by atoms with Crippen LogP contribution in [0.5, 0.6) is 0 Å². The third-order valence-electron chi connectivity index (χ3n) is 6.18. The van der Waals surface area contributed by atoms with Crippen molar-refractivity contribution in [3.63, 3.8) is 0 Å². The first kappa shape index (κ1) is 15.5. The van der Waals surface area contributed by atoms with Gasteiger partial charge in [0, 0.05) is 20.2 Å². The second-order valence-corrected chi connectivity index (χ2v) is 8.90. The predicted octanol–water partition coefficient (Wildman–Crippen LogP) is 8.67. The van der Waals surface area contributed by atoms with Gasteiger partial charge in [-0.05, 0) is 79.5 Å². The Morgan fingerprint density at radius 3 is 1.86 bits per heavy atom. The summed E-state index contributed by atoms with van der Waals surface area (Å²) < 4.78 is 2.72. The van der Waals surface area contributed by atoms with Crippen LogP contribution in [0.1, 0.15) is 0 Å². The van der Waals surface area contributed by atoms with Gasteiger partial charge in [-0.3, -0.25) is 0 Å². The van der Waals surface area contributed by atoms with Crippen LogP contribution in [0, 0.1) is 0 Å². The zero-order valence-corrected chi connectivity index (χ0v) is 16.5. The fraction of sp³-hybridized carbons (Fsp3) is 0. The highest BCUT2D eigenvalue weighted by molar-refractivity contribution is 7.26. The van der Waals surface area contributed by atoms with Gasteiger partial charge in [0.2, 0.25) is 0 Å². The van der Waals surface area contributed by atoms with Gasteiger partial charge in [-0.25, -0.2) is 0 Å². The van der Waals surface area contributed by atoms with Crippen LogP contribution in [-0.2, 0) is 0 Å². The standard InChI is InChI=1S/C28H16S/c1-2-6-18-15-23-19(13-17(18)5-1)9-10-20-14-21-11-12-27-28(25(21)16-24(20)23)22-7-3-4-8-26(22)29-27/h1-16H. The van der Waals surface area contributed by atoms with E-state index < -0.39 is 0 Å². The van der Waals surface area contributed by atoms with Gasteiger partial charge >= 0.3 is 0 Å². The molecule has 6 aromatic carbocycles. The number of benzene rings is 6. The Bertz CT molecular complexity index is 1750. The van der Waals surface area contributed by atoms with E-state index in [1.165, 1.54) is 63.3 Å². The van der Waals surface area contributed by atoms with E-state index in [1.807, 2.05) is 11.3 Å². The first-order valence-electron chi connectivity index (χ1n) is 9.94. The lowest BCUT2D eigenvalue weighted by Gasteiger charge is -2.09. The average molecular weight is 385 g/mol. The second-order valence-electron chi connectivity index (χ2n) is 7.82. The molecule has 0 fully saturated rings. The van der Waals surface area contributed by atoms with Crippen LogP contribution in [0.25, 0.3) is 63.3 Å². The number of hydrogen-bond donors (Lipinski definition) is 0. The normalized spacial score (nSPS) is 12.1. The molecule has 0 radical (unpaired) electrons. The molecule has 7 rings (SSSR count). The summed E-state index contributed by atoms with van der Waals surface area (Å²) in [6, 6.07) is 35.9. The number of hydrogen-bond acceptors (Lipinski definition) is 1. The molecule has 7 aromatic rings. The lowest BCUT2D eigenvalue weighted by molar-refractivity contribution is 1.79. The van der Waals surface area contributed by atoms with Gasteiger partial charge in [0.1, 0.15) is 0 Å². The van der Waals surface area contributed by atoms with Crippen molar-refractivity contribution in [1.82, 2.24) is 0 Å². The summed E-state index contributed by atoms with van der Waals surface area (Å²) in [6.45, 7) is 0. The lowest BCUT2D eigenvalue weighted by Crippen LogP contribution is -1.82. The Balaban J connectivity index is 1.70. The Morgan fingerprint density at radius 2 is 1.00 bits per heavy atom. The van der Waals surface area contributed by atoms with E-state index in [2.05, 4.69) is 97.1 Å². The summed E-state index contributed by atoms with van der Waals surface area (Å²) in [7, 11) is 0. The minimum absolute atomic E-state index is 1.30. The smallest absolute Gasteiger partial charge is 0.0361 e. The zero-order valence-electron chi connectivity index (χ0n) is 15.6. The van der Waals surface area contributed by atoms with Gasteiger partial charge in [-0.15, -0.1) is 11.3 Å². The van der Waals surface area contributed by atoms with Crippen LogP contribution < -0.4 is 0 Å². The van der Waals surface area contributed by atoms with E-state index in [0.717, 1.165) is 0 Å². The molecule has 0 atom stereocenters. The molecule has 134 valence electrons. The van der Waals surface area contributed by atoms with Crippen molar-refractivity contribution in [3.05, 3.63) is 97.1 Å². The maximum Gasteiger partial charge on any atom is 0.0361 e. The first-order chi connectivity index (χ1) is 14.3. The lowest BCUT2D eigenvalue weighted by atomic mass is 9.94. The van der Waals surface area contributed by atoms with E-state index in [4.69, 9.17) is 0 Å². The maximum atomic E-state index is 2.42. The van der Waals surface area contributed by atoms with Crippen molar-refractivity contribution < 1.29 is 0 Å². The van der Waals surface area contributed by atoms with E-state index in [1.54, 1.807) is 0 Å². The van der Waals surface area contributed by atoms with Crippen LogP contribution in [-0.4, -0.2) is 0 Å². The molecule has 0 aliphatic carbocycles. The summed E-state index contributed by atoms with van der Waals surface area (Å²) in [4.78, 5) is 0. The van der Waals surface area contributed by atoms with Crippen LogP contribution >= 0.6 is 11.3 Å². The number of fused-ring (bicyclic) bond motifs is 9. The fourth-order valence-corrected chi connectivity index (χ4v) is 5.91. The van der Waals surface area contributed by atoms with Gasteiger partial charge in [0.25, 0.3) is 0 Å². The van der Waals surface area contributed by atoms with E-state index in [0.29, 0.717) is 0 Å². The fourth-order valence-electron chi connectivity index (χ4n) is 4.79. The quantitative estimate of drug-likeness (QED) is 0.181. The van der Waals surface area contributed by atoms with E-state index in [9.17, 15) is 0 Å². The monoisotopic (exact) mass is 384 g/mol. The summed E-state index contributed by atoms with van der Waals surface area (Å²) in [5.74, 6) is 0.